The van der Waals surface area contributed by atoms with Crippen LogP contribution in [-0.4, -0.2) is 30.0 Å². The van der Waals surface area contributed by atoms with E-state index in [1.807, 2.05) is 42.5 Å². The topological polar surface area (TPSA) is 66.1 Å². The van der Waals surface area contributed by atoms with Crippen molar-refractivity contribution in [1.82, 2.24) is 10.3 Å². The molecule has 0 radical (unpaired) electrons. The van der Waals surface area contributed by atoms with E-state index in [1.165, 1.54) is 0 Å². The van der Waals surface area contributed by atoms with Crippen LogP contribution in [0.15, 0.2) is 60.8 Å². The summed E-state index contributed by atoms with van der Waals surface area (Å²) in [5.41, 5.74) is 3.20. The first-order valence-electron chi connectivity index (χ1n) is 8.52. The van der Waals surface area contributed by atoms with Gasteiger partial charge in [-0.05, 0) is 49.4 Å². The minimum absolute atomic E-state index is 0. The normalized spacial score (nSPS) is 16.1. The summed E-state index contributed by atoms with van der Waals surface area (Å²) in [7, 11) is 0. The molecule has 2 heterocycles. The summed E-state index contributed by atoms with van der Waals surface area (Å²) in [6, 6.07) is 17.5. The molecule has 0 unspecified atom stereocenters. The van der Waals surface area contributed by atoms with Gasteiger partial charge >= 0.3 is 0 Å². The van der Waals surface area contributed by atoms with Crippen molar-refractivity contribution in [3.05, 3.63) is 66.4 Å². The van der Waals surface area contributed by atoms with Crippen molar-refractivity contribution >= 4 is 40.6 Å². The van der Waals surface area contributed by atoms with Gasteiger partial charge in [-0.2, -0.15) is 0 Å². The molecule has 134 valence electrons. The first-order chi connectivity index (χ1) is 12.3. The van der Waals surface area contributed by atoms with Crippen LogP contribution in [0.2, 0.25) is 0 Å². The summed E-state index contributed by atoms with van der Waals surface area (Å²) in [4.78, 5) is 17.0. The van der Waals surface area contributed by atoms with Crippen LogP contribution in [0.5, 0.6) is 0 Å². The van der Waals surface area contributed by atoms with Crippen LogP contribution in [0.4, 0.5) is 11.4 Å². The molecule has 4 rings (SSSR count). The fraction of sp³-hybridized carbons (Fsp3) is 0.200. The number of halogens is 1. The van der Waals surface area contributed by atoms with Crippen LogP contribution >= 0.6 is 12.4 Å². The van der Waals surface area contributed by atoms with Gasteiger partial charge in [-0.1, -0.05) is 18.2 Å². The highest BCUT2D eigenvalue weighted by atomic mass is 35.5. The van der Waals surface area contributed by atoms with Gasteiger partial charge in [-0.25, -0.2) is 0 Å². The molecule has 3 aromatic rings. The second-order valence-corrected chi connectivity index (χ2v) is 6.21. The molecule has 2 aromatic carbocycles. The molecule has 0 bridgehead atoms. The van der Waals surface area contributed by atoms with Crippen LogP contribution in [0.1, 0.15) is 16.8 Å². The van der Waals surface area contributed by atoms with E-state index in [0.29, 0.717) is 11.6 Å². The lowest BCUT2D eigenvalue weighted by Gasteiger charge is -2.16. The second kappa shape index (κ2) is 8.17. The van der Waals surface area contributed by atoms with Crippen molar-refractivity contribution in [3.8, 4) is 0 Å². The number of aromatic nitrogens is 1. The number of anilines is 2. The van der Waals surface area contributed by atoms with Crippen molar-refractivity contribution in [2.45, 2.75) is 12.5 Å². The number of hydrogen-bond acceptors (Lipinski definition) is 4. The number of carbonyl (C=O) groups excluding carboxylic acids is 1. The van der Waals surface area contributed by atoms with Crippen molar-refractivity contribution in [2.75, 3.05) is 23.7 Å². The van der Waals surface area contributed by atoms with Crippen LogP contribution in [0.3, 0.4) is 0 Å². The molecule has 1 amide bonds. The van der Waals surface area contributed by atoms with Gasteiger partial charge in [0.2, 0.25) is 0 Å². The number of fused-ring (bicyclic) bond motifs is 1. The Hall–Kier alpha value is -2.63. The molecule has 0 spiro atoms. The van der Waals surface area contributed by atoms with Gasteiger partial charge in [-0.3, -0.25) is 9.78 Å². The molecule has 6 heteroatoms. The van der Waals surface area contributed by atoms with Crippen molar-refractivity contribution in [1.29, 1.82) is 0 Å². The summed E-state index contributed by atoms with van der Waals surface area (Å²) in [5.74, 6) is -0.131. The summed E-state index contributed by atoms with van der Waals surface area (Å²) < 4.78 is 0. The van der Waals surface area contributed by atoms with Gasteiger partial charge in [0.15, 0.2) is 0 Å². The highest BCUT2D eigenvalue weighted by molar-refractivity contribution is 6.10. The Morgan fingerprint density at radius 1 is 1.04 bits per heavy atom. The molecule has 1 aliphatic rings. The summed E-state index contributed by atoms with van der Waals surface area (Å²) in [6.45, 7) is 2.01. The van der Waals surface area contributed by atoms with Gasteiger partial charge in [0.1, 0.15) is 0 Å². The molecular weight excluding hydrogens is 348 g/mol. The van der Waals surface area contributed by atoms with Crippen LogP contribution in [-0.2, 0) is 0 Å². The molecule has 3 N–H and O–H groups in total. The number of pyridine rings is 1. The smallest absolute Gasteiger partial charge is 0.255 e. The zero-order chi connectivity index (χ0) is 17.1. The third kappa shape index (κ3) is 3.79. The average molecular weight is 369 g/mol. The van der Waals surface area contributed by atoms with Crippen LogP contribution < -0.4 is 16.0 Å². The van der Waals surface area contributed by atoms with E-state index in [1.54, 1.807) is 18.3 Å². The first-order valence-corrected chi connectivity index (χ1v) is 8.52. The molecule has 0 saturated carbocycles. The number of carbonyl (C=O) groups is 1. The quantitative estimate of drug-likeness (QED) is 0.657. The Morgan fingerprint density at radius 3 is 2.62 bits per heavy atom. The number of benzene rings is 2. The molecule has 1 aliphatic heterocycles. The van der Waals surface area contributed by atoms with E-state index in [4.69, 9.17) is 0 Å². The van der Waals surface area contributed by atoms with Gasteiger partial charge < -0.3 is 16.0 Å². The number of nitrogens with one attached hydrogen (secondary N) is 3. The summed E-state index contributed by atoms with van der Waals surface area (Å²) in [5, 5.41) is 10.9. The molecule has 1 fully saturated rings. The highest BCUT2D eigenvalue weighted by Crippen LogP contribution is 2.29. The van der Waals surface area contributed by atoms with Crippen LogP contribution in [0, 0.1) is 0 Å². The molecule has 26 heavy (non-hydrogen) atoms. The molecule has 0 aliphatic carbocycles. The Labute approximate surface area is 158 Å². The SMILES string of the molecule is Cl.O=C(Nc1ccc(N[C@H]2CCNC2)c2cccnc12)c1ccccc1. The van der Waals surface area contributed by atoms with E-state index < -0.39 is 0 Å². The molecule has 1 atom stereocenters. The molecule has 1 saturated heterocycles. The Morgan fingerprint density at radius 2 is 1.85 bits per heavy atom. The Balaban J connectivity index is 0.00000196. The summed E-state index contributed by atoms with van der Waals surface area (Å²) in [6.07, 6.45) is 2.86. The van der Waals surface area contributed by atoms with E-state index >= 15 is 0 Å². The number of amides is 1. The lowest BCUT2D eigenvalue weighted by Crippen LogP contribution is -2.22. The molecule has 1 aromatic heterocycles. The Bertz CT molecular complexity index is 895. The van der Waals surface area contributed by atoms with Gasteiger partial charge in [0.05, 0.1) is 11.2 Å². The third-order valence-corrected chi connectivity index (χ3v) is 4.47. The largest absolute Gasteiger partial charge is 0.380 e. The maximum absolute atomic E-state index is 12.5. The predicted molar refractivity (Wildman–Crippen MR) is 108 cm³/mol. The number of nitrogens with zero attached hydrogens (tertiary/aromatic N) is 1. The van der Waals surface area contributed by atoms with Crippen molar-refractivity contribution in [3.63, 3.8) is 0 Å². The van der Waals surface area contributed by atoms with Gasteiger partial charge in [0.25, 0.3) is 5.91 Å². The van der Waals surface area contributed by atoms with E-state index in [0.717, 1.165) is 41.8 Å². The van der Waals surface area contributed by atoms with E-state index in [9.17, 15) is 4.79 Å². The third-order valence-electron chi connectivity index (χ3n) is 4.47. The second-order valence-electron chi connectivity index (χ2n) is 6.21. The van der Waals surface area contributed by atoms with Crippen LogP contribution in [0.25, 0.3) is 10.9 Å². The zero-order valence-electron chi connectivity index (χ0n) is 14.2. The molecular formula is C20H21ClN4O. The standard InChI is InChI=1S/C20H20N4O.ClH/c25-20(14-5-2-1-3-6-14)24-18-9-8-17(23-15-10-12-21-13-15)16-7-4-11-22-19(16)18;/h1-9,11,15,21,23H,10,12-13H2,(H,24,25);1H/t15-;/m0./s1. The minimum atomic E-state index is -0.131. The first kappa shape index (κ1) is 18.2. The maximum atomic E-state index is 12.5. The van der Waals surface area contributed by atoms with Crippen molar-refractivity contribution in [2.24, 2.45) is 0 Å². The highest BCUT2D eigenvalue weighted by Gasteiger charge is 2.16. The monoisotopic (exact) mass is 368 g/mol. The van der Waals surface area contributed by atoms with Gasteiger partial charge in [0, 0.05) is 35.4 Å². The van der Waals surface area contributed by atoms with Gasteiger partial charge in [-0.15, -0.1) is 12.4 Å². The summed E-state index contributed by atoms with van der Waals surface area (Å²) >= 11 is 0. The van der Waals surface area contributed by atoms with E-state index in [2.05, 4.69) is 20.9 Å². The fourth-order valence-electron chi connectivity index (χ4n) is 3.18. The Kier molecular flexibility index (Phi) is 5.71. The minimum Gasteiger partial charge on any atom is -0.380 e. The van der Waals surface area contributed by atoms with Crippen molar-refractivity contribution < 1.29 is 4.79 Å². The lowest BCUT2D eigenvalue weighted by molar-refractivity contribution is 0.102. The number of rotatable bonds is 4. The zero-order valence-corrected chi connectivity index (χ0v) is 15.1. The average Bonchev–Trinajstić information content (AvgIpc) is 3.17. The predicted octanol–water partition coefficient (Wildman–Crippen LogP) is 3.68. The maximum Gasteiger partial charge on any atom is 0.255 e. The molecule has 5 nitrogen and oxygen atoms in total. The number of hydrogen-bond donors (Lipinski definition) is 3. The van der Waals surface area contributed by atoms with E-state index in [-0.39, 0.29) is 18.3 Å². The lowest BCUT2D eigenvalue weighted by atomic mass is 10.1. The fourth-order valence-corrected chi connectivity index (χ4v) is 3.18.